The third-order valence-corrected chi connectivity index (χ3v) is 4.83. The van der Waals surface area contributed by atoms with Gasteiger partial charge >= 0.3 is 0 Å². The zero-order valence-electron chi connectivity index (χ0n) is 10.6. The van der Waals surface area contributed by atoms with Crippen LogP contribution in [0.3, 0.4) is 0 Å². The number of thiazole rings is 1. The van der Waals surface area contributed by atoms with E-state index in [-0.39, 0.29) is 10.9 Å². The van der Waals surface area contributed by atoms with E-state index in [1.807, 2.05) is 0 Å². The van der Waals surface area contributed by atoms with Gasteiger partial charge in [-0.2, -0.15) is 0 Å². The lowest BCUT2D eigenvalue weighted by Gasteiger charge is -2.20. The summed E-state index contributed by atoms with van der Waals surface area (Å²) >= 11 is 6.48. The van der Waals surface area contributed by atoms with Crippen LogP contribution in [0.25, 0.3) is 0 Å². The van der Waals surface area contributed by atoms with E-state index in [2.05, 4.69) is 10.3 Å². The van der Waals surface area contributed by atoms with Gasteiger partial charge in [0, 0.05) is 4.88 Å². The number of carbonyl (C=O) groups excluding carboxylic acids is 1. The number of aromatic nitrogens is 1. The minimum Gasteiger partial charge on any atom is -0.392 e. The molecule has 0 saturated carbocycles. The molecule has 1 aliphatic carbocycles. The van der Waals surface area contributed by atoms with Crippen molar-refractivity contribution in [2.75, 3.05) is 5.32 Å². The Kier molecular flexibility index (Phi) is 3.68. The zero-order valence-corrected chi connectivity index (χ0v) is 12.2. The Hall–Kier alpha value is -1.01. The molecule has 1 heterocycles. The van der Waals surface area contributed by atoms with Crippen molar-refractivity contribution in [3.8, 4) is 0 Å². The number of rotatable bonds is 3. The highest BCUT2D eigenvalue weighted by atomic mass is 32.1. The van der Waals surface area contributed by atoms with Gasteiger partial charge in [0.2, 0.25) is 5.91 Å². The van der Waals surface area contributed by atoms with Crippen LogP contribution in [0.1, 0.15) is 37.3 Å². The summed E-state index contributed by atoms with van der Waals surface area (Å²) in [5, 5.41) is 3.48. The first-order chi connectivity index (χ1) is 8.41. The number of hydrogen-bond acceptors (Lipinski definition) is 4. The van der Waals surface area contributed by atoms with E-state index in [1.54, 1.807) is 25.2 Å². The molecule has 0 unspecified atom stereocenters. The summed E-state index contributed by atoms with van der Waals surface area (Å²) < 4.78 is 0. The van der Waals surface area contributed by atoms with Crippen LogP contribution in [0.2, 0.25) is 0 Å². The van der Waals surface area contributed by atoms with E-state index >= 15 is 0 Å². The van der Waals surface area contributed by atoms with Crippen LogP contribution in [-0.2, 0) is 17.6 Å². The molecule has 1 aromatic heterocycles. The van der Waals surface area contributed by atoms with Crippen LogP contribution in [0.15, 0.2) is 0 Å². The SMILES string of the molecule is CC(C)(C(=O)Nc1nc2c(s1)CCCC2)C(N)=S. The number of anilines is 1. The van der Waals surface area contributed by atoms with Crippen molar-refractivity contribution in [2.24, 2.45) is 11.1 Å². The van der Waals surface area contributed by atoms with Crippen LogP contribution in [-0.4, -0.2) is 15.9 Å². The second kappa shape index (κ2) is 4.93. The highest BCUT2D eigenvalue weighted by molar-refractivity contribution is 7.80. The molecule has 1 aliphatic rings. The van der Waals surface area contributed by atoms with Crippen molar-refractivity contribution >= 4 is 39.6 Å². The molecule has 6 heteroatoms. The Balaban J connectivity index is 2.12. The van der Waals surface area contributed by atoms with Crippen LogP contribution in [0, 0.1) is 5.41 Å². The number of aryl methyl sites for hydroxylation is 2. The van der Waals surface area contributed by atoms with Crippen LogP contribution >= 0.6 is 23.6 Å². The summed E-state index contributed by atoms with van der Waals surface area (Å²) in [6.45, 7) is 3.44. The zero-order chi connectivity index (χ0) is 13.3. The number of amides is 1. The second-order valence-corrected chi connectivity index (χ2v) is 6.56. The number of nitrogens with two attached hydrogens (primary N) is 1. The lowest BCUT2D eigenvalue weighted by Crippen LogP contribution is -2.41. The van der Waals surface area contributed by atoms with E-state index < -0.39 is 5.41 Å². The standard InChI is InChI=1S/C12H17N3OS2/c1-12(2,9(13)17)10(16)15-11-14-7-5-3-4-6-8(7)18-11/h3-6H2,1-2H3,(H2,13,17)(H,14,15,16). The maximum absolute atomic E-state index is 12.1. The maximum atomic E-state index is 12.1. The molecule has 3 N–H and O–H groups in total. The van der Waals surface area contributed by atoms with Gasteiger partial charge in [-0.3, -0.25) is 4.79 Å². The number of nitrogens with zero attached hydrogens (tertiary/aromatic N) is 1. The topological polar surface area (TPSA) is 68.0 Å². The van der Waals surface area contributed by atoms with Gasteiger partial charge in [0.25, 0.3) is 0 Å². The summed E-state index contributed by atoms with van der Waals surface area (Å²) in [6, 6.07) is 0. The molecule has 0 aromatic carbocycles. The predicted molar refractivity (Wildman–Crippen MR) is 78.0 cm³/mol. The highest BCUT2D eigenvalue weighted by Crippen LogP contribution is 2.30. The Bertz CT molecular complexity index is 470. The van der Waals surface area contributed by atoms with Gasteiger partial charge in [0.05, 0.1) is 16.1 Å². The molecule has 2 rings (SSSR count). The quantitative estimate of drug-likeness (QED) is 0.835. The summed E-state index contributed by atoms with van der Waals surface area (Å²) in [5.41, 5.74) is 5.86. The number of carbonyl (C=O) groups is 1. The minimum atomic E-state index is -0.846. The number of nitrogens with one attached hydrogen (secondary N) is 1. The summed E-state index contributed by atoms with van der Waals surface area (Å²) in [6.07, 6.45) is 4.48. The van der Waals surface area contributed by atoms with Crippen molar-refractivity contribution < 1.29 is 4.79 Å². The molecular formula is C12H17N3OS2. The van der Waals surface area contributed by atoms with Gasteiger partial charge in [0.1, 0.15) is 0 Å². The van der Waals surface area contributed by atoms with Gasteiger partial charge < -0.3 is 11.1 Å². The van der Waals surface area contributed by atoms with Gasteiger partial charge in [-0.25, -0.2) is 4.98 Å². The van der Waals surface area contributed by atoms with E-state index in [0.29, 0.717) is 5.13 Å². The molecule has 1 amide bonds. The van der Waals surface area contributed by atoms with Gasteiger partial charge in [-0.1, -0.05) is 12.2 Å². The fourth-order valence-corrected chi connectivity index (χ4v) is 2.91. The first-order valence-electron chi connectivity index (χ1n) is 6.01. The Morgan fingerprint density at radius 1 is 1.44 bits per heavy atom. The van der Waals surface area contributed by atoms with Crippen molar-refractivity contribution in [2.45, 2.75) is 39.5 Å². The fraction of sp³-hybridized carbons (Fsp3) is 0.583. The predicted octanol–water partition coefficient (Wildman–Crippen LogP) is 2.27. The first-order valence-corrected chi connectivity index (χ1v) is 7.23. The molecule has 0 atom stereocenters. The monoisotopic (exact) mass is 283 g/mol. The van der Waals surface area contributed by atoms with E-state index in [4.69, 9.17) is 18.0 Å². The molecule has 0 fully saturated rings. The smallest absolute Gasteiger partial charge is 0.238 e. The fourth-order valence-electron chi connectivity index (χ4n) is 1.77. The van der Waals surface area contributed by atoms with E-state index in [0.717, 1.165) is 18.5 Å². The molecular weight excluding hydrogens is 266 g/mol. The molecule has 1 aromatic rings. The Morgan fingerprint density at radius 3 is 2.72 bits per heavy atom. The molecule has 0 bridgehead atoms. The largest absolute Gasteiger partial charge is 0.392 e. The summed E-state index contributed by atoms with van der Waals surface area (Å²) in [7, 11) is 0. The third kappa shape index (κ3) is 2.54. The Morgan fingerprint density at radius 2 is 2.11 bits per heavy atom. The minimum absolute atomic E-state index is 0.193. The van der Waals surface area contributed by atoms with Gasteiger partial charge in [0.15, 0.2) is 5.13 Å². The molecule has 18 heavy (non-hydrogen) atoms. The number of thiocarbonyl (C=S) groups is 1. The normalized spacial score (nSPS) is 15.0. The first kappa shape index (κ1) is 13.4. The average molecular weight is 283 g/mol. The Labute approximate surface area is 116 Å². The molecule has 0 spiro atoms. The summed E-state index contributed by atoms with van der Waals surface area (Å²) in [5.74, 6) is -0.193. The lowest BCUT2D eigenvalue weighted by molar-refractivity contribution is -0.121. The van der Waals surface area contributed by atoms with Crippen molar-refractivity contribution in [3.05, 3.63) is 10.6 Å². The highest BCUT2D eigenvalue weighted by Gasteiger charge is 2.31. The van der Waals surface area contributed by atoms with Crippen molar-refractivity contribution in [3.63, 3.8) is 0 Å². The maximum Gasteiger partial charge on any atom is 0.238 e. The average Bonchev–Trinajstić information content (AvgIpc) is 2.70. The molecule has 0 radical (unpaired) electrons. The van der Waals surface area contributed by atoms with Crippen molar-refractivity contribution in [1.29, 1.82) is 0 Å². The van der Waals surface area contributed by atoms with Crippen LogP contribution in [0.5, 0.6) is 0 Å². The third-order valence-electron chi connectivity index (χ3n) is 3.25. The molecule has 0 saturated heterocycles. The molecule has 98 valence electrons. The number of fused-ring (bicyclic) bond motifs is 1. The molecule has 4 nitrogen and oxygen atoms in total. The van der Waals surface area contributed by atoms with Gasteiger partial charge in [-0.15, -0.1) is 11.3 Å². The van der Waals surface area contributed by atoms with Crippen LogP contribution < -0.4 is 11.1 Å². The van der Waals surface area contributed by atoms with E-state index in [9.17, 15) is 4.79 Å². The summed E-state index contributed by atoms with van der Waals surface area (Å²) in [4.78, 5) is 18.0. The van der Waals surface area contributed by atoms with Gasteiger partial charge in [-0.05, 0) is 39.5 Å². The molecule has 0 aliphatic heterocycles. The second-order valence-electron chi connectivity index (χ2n) is 5.04. The lowest BCUT2D eigenvalue weighted by atomic mass is 9.92. The number of hydrogen-bond donors (Lipinski definition) is 2. The van der Waals surface area contributed by atoms with Crippen molar-refractivity contribution in [1.82, 2.24) is 4.98 Å². The van der Waals surface area contributed by atoms with Crippen LogP contribution in [0.4, 0.5) is 5.13 Å². The van der Waals surface area contributed by atoms with E-state index in [1.165, 1.54) is 17.7 Å².